The van der Waals surface area contributed by atoms with Gasteiger partial charge in [-0.05, 0) is 25.5 Å². The minimum atomic E-state index is -2.69. The summed E-state index contributed by atoms with van der Waals surface area (Å²) in [5.41, 5.74) is 1.90. The minimum absolute atomic E-state index is 0.241. The maximum absolute atomic E-state index is 13.9. The van der Waals surface area contributed by atoms with E-state index in [0.29, 0.717) is 46.8 Å². The largest absolute Gasteiger partial charge is 0.341 e. The summed E-state index contributed by atoms with van der Waals surface area (Å²) < 4.78 is 45.2. The fourth-order valence-electron chi connectivity index (χ4n) is 4.96. The topological polar surface area (TPSA) is 77.5 Å². The van der Waals surface area contributed by atoms with Gasteiger partial charge in [0.2, 0.25) is 5.95 Å². The number of rotatable bonds is 4. The summed E-state index contributed by atoms with van der Waals surface area (Å²) in [6.45, 7) is 3.83. The van der Waals surface area contributed by atoms with Gasteiger partial charge in [0, 0.05) is 36.8 Å². The average molecular weight is 466 g/mol. The first-order chi connectivity index (χ1) is 16.4. The van der Waals surface area contributed by atoms with Crippen molar-refractivity contribution in [3.8, 4) is 23.0 Å². The van der Waals surface area contributed by atoms with Crippen molar-refractivity contribution in [2.75, 3.05) is 4.90 Å². The Bertz CT molecular complexity index is 1390. The number of alkyl halides is 2. The third-order valence-corrected chi connectivity index (χ3v) is 6.51. The van der Waals surface area contributed by atoms with Crippen LogP contribution >= 0.6 is 0 Å². The van der Waals surface area contributed by atoms with Crippen molar-refractivity contribution in [3.05, 3.63) is 60.3 Å². The lowest BCUT2D eigenvalue weighted by atomic mass is 9.85. The van der Waals surface area contributed by atoms with Crippen LogP contribution in [0.5, 0.6) is 0 Å². The van der Waals surface area contributed by atoms with Crippen molar-refractivity contribution >= 4 is 5.82 Å². The van der Waals surface area contributed by atoms with E-state index in [1.807, 2.05) is 23.3 Å². The molecule has 1 aliphatic heterocycles. The lowest BCUT2D eigenvalue weighted by molar-refractivity contribution is -0.0878. The van der Waals surface area contributed by atoms with Crippen LogP contribution in [0.15, 0.2) is 43.0 Å². The molecule has 4 aromatic rings. The van der Waals surface area contributed by atoms with Gasteiger partial charge in [0.1, 0.15) is 23.7 Å². The van der Waals surface area contributed by atoms with Crippen molar-refractivity contribution in [1.29, 1.82) is 0 Å². The SMILES string of the molecule is CC[C@@H]1c2nncn2-c2c(C)nc(-n3ccnc3-c3cccc(F)c3)nc2N1C1CC(F)(F)C1. The van der Waals surface area contributed by atoms with Crippen LogP contribution in [0.3, 0.4) is 0 Å². The molecule has 0 N–H and O–H groups in total. The second-order valence-electron chi connectivity index (χ2n) is 8.72. The predicted octanol–water partition coefficient (Wildman–Crippen LogP) is 4.43. The minimum Gasteiger partial charge on any atom is -0.341 e. The molecule has 3 aromatic heterocycles. The Morgan fingerprint density at radius 1 is 1.15 bits per heavy atom. The molecule has 11 heteroatoms. The molecule has 1 aromatic carbocycles. The van der Waals surface area contributed by atoms with Gasteiger partial charge in [-0.3, -0.25) is 9.13 Å². The van der Waals surface area contributed by atoms with Crippen molar-refractivity contribution in [2.45, 2.75) is 51.1 Å². The molecule has 0 spiro atoms. The van der Waals surface area contributed by atoms with Crippen LogP contribution in [0.4, 0.5) is 19.0 Å². The van der Waals surface area contributed by atoms with E-state index < -0.39 is 5.92 Å². The first-order valence-corrected chi connectivity index (χ1v) is 11.1. The lowest BCUT2D eigenvalue weighted by Crippen LogP contribution is -2.54. The predicted molar refractivity (Wildman–Crippen MR) is 118 cm³/mol. The molecule has 6 rings (SSSR count). The number of fused-ring (bicyclic) bond motifs is 3. The van der Waals surface area contributed by atoms with E-state index in [1.165, 1.54) is 12.1 Å². The van der Waals surface area contributed by atoms with Crippen molar-refractivity contribution < 1.29 is 13.2 Å². The Hall–Kier alpha value is -3.76. The summed E-state index contributed by atoms with van der Waals surface area (Å²) in [7, 11) is 0. The van der Waals surface area contributed by atoms with Gasteiger partial charge in [0.25, 0.3) is 5.92 Å². The third-order valence-electron chi connectivity index (χ3n) is 6.51. The molecule has 0 unspecified atom stereocenters. The van der Waals surface area contributed by atoms with Crippen LogP contribution in [0.2, 0.25) is 0 Å². The highest BCUT2D eigenvalue weighted by Gasteiger charge is 2.52. The summed E-state index contributed by atoms with van der Waals surface area (Å²) in [5, 5.41) is 8.36. The maximum Gasteiger partial charge on any atom is 0.252 e. The van der Waals surface area contributed by atoms with Gasteiger partial charge < -0.3 is 4.90 Å². The molecule has 174 valence electrons. The molecular formula is C23H21F3N8. The zero-order valence-corrected chi connectivity index (χ0v) is 18.5. The number of imidazole rings is 1. The Kier molecular flexibility index (Phi) is 4.51. The van der Waals surface area contributed by atoms with E-state index in [2.05, 4.69) is 15.2 Å². The molecule has 2 aliphatic rings. The Morgan fingerprint density at radius 3 is 2.71 bits per heavy atom. The van der Waals surface area contributed by atoms with Crippen LogP contribution in [0.1, 0.15) is 43.7 Å². The molecule has 0 amide bonds. The van der Waals surface area contributed by atoms with Gasteiger partial charge in [-0.15, -0.1) is 10.2 Å². The number of benzene rings is 1. The smallest absolute Gasteiger partial charge is 0.252 e. The standard InChI is InChI=1S/C23H21F3N8/c1-3-17-20-31-28-12-33(20)18-13(2)29-22(30-21(18)34(17)16-10-23(25,26)11-16)32-8-7-27-19(32)14-5-4-6-15(24)9-14/h4-9,12,16-17H,3,10-11H2,1-2H3/t17-/m1/s1. The first-order valence-electron chi connectivity index (χ1n) is 11.1. The molecule has 1 aliphatic carbocycles. The van der Waals surface area contributed by atoms with Crippen LogP contribution in [0, 0.1) is 12.7 Å². The van der Waals surface area contributed by atoms with Crippen LogP contribution in [0.25, 0.3) is 23.0 Å². The van der Waals surface area contributed by atoms with Gasteiger partial charge >= 0.3 is 0 Å². The van der Waals surface area contributed by atoms with Crippen LogP contribution < -0.4 is 4.90 Å². The van der Waals surface area contributed by atoms with Crippen LogP contribution in [-0.4, -0.2) is 46.2 Å². The van der Waals surface area contributed by atoms with E-state index in [-0.39, 0.29) is 30.7 Å². The third kappa shape index (κ3) is 3.10. The first kappa shape index (κ1) is 20.8. The quantitative estimate of drug-likeness (QED) is 0.443. The molecule has 8 nitrogen and oxygen atoms in total. The van der Waals surface area contributed by atoms with E-state index in [4.69, 9.17) is 9.97 Å². The lowest BCUT2D eigenvalue weighted by Gasteiger charge is -2.48. The number of hydrogen-bond acceptors (Lipinski definition) is 6. The highest BCUT2D eigenvalue weighted by Crippen LogP contribution is 2.48. The Morgan fingerprint density at radius 2 is 1.97 bits per heavy atom. The van der Waals surface area contributed by atoms with Crippen molar-refractivity contribution in [1.82, 2.24) is 34.3 Å². The molecule has 0 saturated heterocycles. The number of halogens is 3. The van der Waals surface area contributed by atoms with Gasteiger partial charge in [-0.2, -0.15) is 4.98 Å². The van der Waals surface area contributed by atoms with E-state index >= 15 is 0 Å². The second-order valence-corrected chi connectivity index (χ2v) is 8.72. The normalized spacial score (nSPS) is 19.0. The number of anilines is 1. The fraction of sp³-hybridized carbons (Fsp3) is 0.348. The van der Waals surface area contributed by atoms with E-state index in [1.54, 1.807) is 35.4 Å². The molecule has 0 radical (unpaired) electrons. The summed E-state index contributed by atoms with van der Waals surface area (Å²) in [6, 6.07) is 5.50. The van der Waals surface area contributed by atoms with E-state index in [0.717, 1.165) is 0 Å². The zero-order valence-electron chi connectivity index (χ0n) is 18.5. The molecule has 1 fully saturated rings. The summed E-state index contributed by atoms with van der Waals surface area (Å²) in [4.78, 5) is 15.9. The van der Waals surface area contributed by atoms with Gasteiger partial charge in [-0.1, -0.05) is 19.1 Å². The highest BCUT2D eigenvalue weighted by atomic mass is 19.3. The zero-order chi connectivity index (χ0) is 23.6. The number of aryl methyl sites for hydroxylation is 1. The van der Waals surface area contributed by atoms with Crippen LogP contribution in [-0.2, 0) is 0 Å². The summed E-state index contributed by atoms with van der Waals surface area (Å²) >= 11 is 0. The molecule has 0 bridgehead atoms. The maximum atomic E-state index is 13.9. The van der Waals surface area contributed by atoms with Gasteiger partial charge in [-0.25, -0.2) is 23.1 Å². The molecular weight excluding hydrogens is 445 g/mol. The Balaban J connectivity index is 1.53. The Labute approximate surface area is 193 Å². The fourth-order valence-corrected chi connectivity index (χ4v) is 4.96. The molecule has 4 heterocycles. The van der Waals surface area contributed by atoms with E-state index in [9.17, 15) is 13.2 Å². The number of aromatic nitrogens is 7. The van der Waals surface area contributed by atoms with Crippen molar-refractivity contribution in [3.63, 3.8) is 0 Å². The number of nitrogens with zero attached hydrogens (tertiary/aromatic N) is 8. The average Bonchev–Trinajstić information content (AvgIpc) is 3.46. The van der Waals surface area contributed by atoms with Gasteiger partial charge in [0.05, 0.1) is 11.7 Å². The monoisotopic (exact) mass is 466 g/mol. The summed E-state index contributed by atoms with van der Waals surface area (Å²) in [5.74, 6) is -1.01. The highest BCUT2D eigenvalue weighted by molar-refractivity contribution is 5.66. The molecule has 1 saturated carbocycles. The number of hydrogen-bond donors (Lipinski definition) is 0. The molecule has 34 heavy (non-hydrogen) atoms. The van der Waals surface area contributed by atoms with Crippen molar-refractivity contribution in [2.24, 2.45) is 0 Å². The van der Waals surface area contributed by atoms with Gasteiger partial charge in [0.15, 0.2) is 11.6 Å². The molecule has 1 atom stereocenters. The second kappa shape index (κ2) is 7.37. The summed E-state index contributed by atoms with van der Waals surface area (Å²) in [6.07, 6.45) is 5.07.